The SMILES string of the molecule is NCCn1cc(C2CCCCC2)cn1. The molecule has 1 saturated carbocycles. The van der Waals surface area contributed by atoms with E-state index in [1.54, 1.807) is 0 Å². The predicted octanol–water partition coefficient (Wildman–Crippen LogP) is 1.89. The summed E-state index contributed by atoms with van der Waals surface area (Å²) in [5.41, 5.74) is 6.90. The lowest BCUT2D eigenvalue weighted by Gasteiger charge is -2.19. The molecule has 78 valence electrons. The van der Waals surface area contributed by atoms with Crippen molar-refractivity contribution in [2.24, 2.45) is 5.73 Å². The van der Waals surface area contributed by atoms with Crippen LogP contribution in [0.15, 0.2) is 12.4 Å². The Balaban J connectivity index is 2.00. The fourth-order valence-electron chi connectivity index (χ4n) is 2.28. The molecule has 0 saturated heterocycles. The van der Waals surface area contributed by atoms with Crippen molar-refractivity contribution in [1.82, 2.24) is 9.78 Å². The van der Waals surface area contributed by atoms with Crippen LogP contribution >= 0.6 is 0 Å². The molecule has 0 aliphatic heterocycles. The molecule has 1 aliphatic rings. The quantitative estimate of drug-likeness (QED) is 0.796. The zero-order valence-corrected chi connectivity index (χ0v) is 8.65. The van der Waals surface area contributed by atoms with Gasteiger partial charge in [0, 0.05) is 12.7 Å². The van der Waals surface area contributed by atoms with E-state index in [-0.39, 0.29) is 0 Å². The van der Waals surface area contributed by atoms with Crippen LogP contribution in [-0.4, -0.2) is 16.3 Å². The van der Waals surface area contributed by atoms with Crippen LogP contribution in [0.3, 0.4) is 0 Å². The van der Waals surface area contributed by atoms with Gasteiger partial charge in [0.25, 0.3) is 0 Å². The van der Waals surface area contributed by atoms with Crippen molar-refractivity contribution in [2.75, 3.05) is 6.54 Å². The molecule has 3 nitrogen and oxygen atoms in total. The van der Waals surface area contributed by atoms with Gasteiger partial charge >= 0.3 is 0 Å². The molecule has 1 heterocycles. The Labute approximate surface area is 85.3 Å². The van der Waals surface area contributed by atoms with Crippen LogP contribution in [0.1, 0.15) is 43.6 Å². The maximum Gasteiger partial charge on any atom is 0.0531 e. The van der Waals surface area contributed by atoms with Crippen LogP contribution in [0.2, 0.25) is 0 Å². The van der Waals surface area contributed by atoms with Gasteiger partial charge in [-0.25, -0.2) is 0 Å². The average molecular weight is 193 g/mol. The summed E-state index contributed by atoms with van der Waals surface area (Å²) in [7, 11) is 0. The Morgan fingerprint density at radius 3 is 2.86 bits per heavy atom. The Hall–Kier alpha value is -0.830. The van der Waals surface area contributed by atoms with Crippen LogP contribution in [-0.2, 0) is 6.54 Å². The predicted molar refractivity (Wildman–Crippen MR) is 57.1 cm³/mol. The van der Waals surface area contributed by atoms with Gasteiger partial charge in [-0.1, -0.05) is 19.3 Å². The van der Waals surface area contributed by atoms with E-state index in [0.29, 0.717) is 6.54 Å². The normalized spacial score (nSPS) is 18.6. The number of aromatic nitrogens is 2. The van der Waals surface area contributed by atoms with Gasteiger partial charge in [-0.05, 0) is 24.3 Å². The van der Waals surface area contributed by atoms with E-state index in [0.717, 1.165) is 12.5 Å². The molecule has 0 radical (unpaired) electrons. The molecule has 0 amide bonds. The van der Waals surface area contributed by atoms with Gasteiger partial charge in [-0.3, -0.25) is 4.68 Å². The Morgan fingerprint density at radius 1 is 1.36 bits per heavy atom. The van der Waals surface area contributed by atoms with Crippen molar-refractivity contribution in [3.8, 4) is 0 Å². The van der Waals surface area contributed by atoms with Crippen molar-refractivity contribution in [3.63, 3.8) is 0 Å². The third-order valence-corrected chi connectivity index (χ3v) is 3.09. The lowest BCUT2D eigenvalue weighted by molar-refractivity contribution is 0.443. The van der Waals surface area contributed by atoms with Gasteiger partial charge in [0.05, 0.1) is 12.7 Å². The lowest BCUT2D eigenvalue weighted by Crippen LogP contribution is -2.10. The zero-order valence-electron chi connectivity index (χ0n) is 8.65. The van der Waals surface area contributed by atoms with Gasteiger partial charge in [0.1, 0.15) is 0 Å². The summed E-state index contributed by atoms with van der Waals surface area (Å²) < 4.78 is 1.96. The summed E-state index contributed by atoms with van der Waals surface area (Å²) in [5.74, 6) is 0.760. The largest absolute Gasteiger partial charge is 0.329 e. The van der Waals surface area contributed by atoms with Gasteiger partial charge in [-0.15, -0.1) is 0 Å². The first-order valence-corrected chi connectivity index (χ1v) is 5.62. The van der Waals surface area contributed by atoms with E-state index in [9.17, 15) is 0 Å². The number of nitrogens with two attached hydrogens (primary N) is 1. The van der Waals surface area contributed by atoms with Crippen molar-refractivity contribution in [1.29, 1.82) is 0 Å². The second-order valence-corrected chi connectivity index (χ2v) is 4.16. The topological polar surface area (TPSA) is 43.8 Å². The minimum absolute atomic E-state index is 0.672. The molecule has 0 atom stereocenters. The van der Waals surface area contributed by atoms with Crippen molar-refractivity contribution < 1.29 is 0 Å². The summed E-state index contributed by atoms with van der Waals surface area (Å²) >= 11 is 0. The first-order chi connectivity index (χ1) is 6.90. The third kappa shape index (κ3) is 2.15. The fourth-order valence-corrected chi connectivity index (χ4v) is 2.28. The minimum atomic E-state index is 0.672. The summed E-state index contributed by atoms with van der Waals surface area (Å²) in [6.45, 7) is 1.51. The summed E-state index contributed by atoms with van der Waals surface area (Å²) in [6, 6.07) is 0. The highest BCUT2D eigenvalue weighted by Crippen LogP contribution is 2.31. The number of hydrogen-bond acceptors (Lipinski definition) is 2. The van der Waals surface area contributed by atoms with Crippen LogP contribution in [0.4, 0.5) is 0 Å². The third-order valence-electron chi connectivity index (χ3n) is 3.09. The Kier molecular flexibility index (Phi) is 3.19. The van der Waals surface area contributed by atoms with Crippen LogP contribution in [0.5, 0.6) is 0 Å². The van der Waals surface area contributed by atoms with E-state index in [1.807, 2.05) is 10.9 Å². The summed E-state index contributed by atoms with van der Waals surface area (Å²) in [4.78, 5) is 0. The molecule has 0 bridgehead atoms. The summed E-state index contributed by atoms with van der Waals surface area (Å²) in [5, 5.41) is 4.32. The van der Waals surface area contributed by atoms with Gasteiger partial charge < -0.3 is 5.73 Å². The van der Waals surface area contributed by atoms with Crippen LogP contribution in [0, 0.1) is 0 Å². The highest BCUT2D eigenvalue weighted by Gasteiger charge is 2.16. The van der Waals surface area contributed by atoms with Crippen LogP contribution in [0.25, 0.3) is 0 Å². The smallest absolute Gasteiger partial charge is 0.0531 e. The molecule has 1 aliphatic carbocycles. The number of hydrogen-bond donors (Lipinski definition) is 1. The molecule has 2 N–H and O–H groups in total. The molecule has 0 unspecified atom stereocenters. The zero-order chi connectivity index (χ0) is 9.80. The second kappa shape index (κ2) is 4.60. The van der Waals surface area contributed by atoms with Gasteiger partial charge in [0.2, 0.25) is 0 Å². The average Bonchev–Trinajstić information content (AvgIpc) is 2.68. The molecule has 1 fully saturated rings. The highest BCUT2D eigenvalue weighted by molar-refractivity contribution is 5.11. The molecule has 3 heteroatoms. The molecule has 14 heavy (non-hydrogen) atoms. The molecular weight excluding hydrogens is 174 g/mol. The maximum absolute atomic E-state index is 5.49. The van der Waals surface area contributed by atoms with Gasteiger partial charge in [0.15, 0.2) is 0 Å². The number of nitrogens with zero attached hydrogens (tertiary/aromatic N) is 2. The fraction of sp³-hybridized carbons (Fsp3) is 0.727. The van der Waals surface area contributed by atoms with E-state index < -0.39 is 0 Å². The lowest BCUT2D eigenvalue weighted by atomic mass is 9.86. The standard InChI is InChI=1S/C11H19N3/c12-6-7-14-9-11(8-13-14)10-4-2-1-3-5-10/h8-10H,1-7,12H2. The van der Waals surface area contributed by atoms with Gasteiger partial charge in [-0.2, -0.15) is 5.10 Å². The first-order valence-electron chi connectivity index (χ1n) is 5.62. The monoisotopic (exact) mass is 193 g/mol. The van der Waals surface area contributed by atoms with Crippen LogP contribution < -0.4 is 5.73 Å². The maximum atomic E-state index is 5.49. The number of rotatable bonds is 3. The van der Waals surface area contributed by atoms with E-state index in [2.05, 4.69) is 11.3 Å². The van der Waals surface area contributed by atoms with E-state index in [4.69, 9.17) is 5.73 Å². The Morgan fingerprint density at radius 2 is 2.14 bits per heavy atom. The van der Waals surface area contributed by atoms with E-state index >= 15 is 0 Å². The molecular formula is C11H19N3. The van der Waals surface area contributed by atoms with Crippen molar-refractivity contribution >= 4 is 0 Å². The minimum Gasteiger partial charge on any atom is -0.329 e. The Bertz CT molecular complexity index is 274. The molecule has 1 aromatic heterocycles. The first kappa shape index (κ1) is 9.71. The molecule has 0 spiro atoms. The van der Waals surface area contributed by atoms with Crippen molar-refractivity contribution in [3.05, 3.63) is 18.0 Å². The van der Waals surface area contributed by atoms with E-state index in [1.165, 1.54) is 37.7 Å². The summed E-state index contributed by atoms with van der Waals surface area (Å²) in [6.07, 6.45) is 11.0. The molecule has 2 rings (SSSR count). The second-order valence-electron chi connectivity index (χ2n) is 4.16. The molecule has 1 aromatic rings. The molecule has 0 aromatic carbocycles. The highest BCUT2D eigenvalue weighted by atomic mass is 15.3. The van der Waals surface area contributed by atoms with Crippen molar-refractivity contribution in [2.45, 2.75) is 44.6 Å².